The number of fused-ring (bicyclic) bond motifs is 1. The van der Waals surface area contributed by atoms with Gasteiger partial charge in [-0.3, -0.25) is 4.57 Å². The summed E-state index contributed by atoms with van der Waals surface area (Å²) in [6, 6.07) is 8.21. The molecule has 2 heterocycles. The molecule has 1 aliphatic rings. The summed E-state index contributed by atoms with van der Waals surface area (Å²) < 4.78 is 2.16. The van der Waals surface area contributed by atoms with Gasteiger partial charge in [-0.1, -0.05) is 45.0 Å². The number of hydrogen-bond donors (Lipinski definition) is 1. The summed E-state index contributed by atoms with van der Waals surface area (Å²) in [5.74, 6) is 1.51. The van der Waals surface area contributed by atoms with Gasteiger partial charge in [0.15, 0.2) is 5.82 Å². The second-order valence-corrected chi connectivity index (χ2v) is 6.60. The first-order valence-corrected chi connectivity index (χ1v) is 7.25. The van der Waals surface area contributed by atoms with Gasteiger partial charge >= 0.3 is 0 Å². The maximum absolute atomic E-state index is 9.59. The molecule has 0 saturated heterocycles. The molecule has 4 nitrogen and oxygen atoms in total. The molecule has 0 bridgehead atoms. The molecule has 0 saturated carbocycles. The summed E-state index contributed by atoms with van der Waals surface area (Å²) in [5, 5.41) is 9.59. The van der Waals surface area contributed by atoms with Gasteiger partial charge in [-0.2, -0.15) is 4.98 Å². The summed E-state index contributed by atoms with van der Waals surface area (Å²) in [5.41, 5.74) is 2.31. The topological polar surface area (TPSA) is 50.9 Å². The molecule has 0 unspecified atom stereocenters. The maximum Gasteiger partial charge on any atom is 0.203 e. The smallest absolute Gasteiger partial charge is 0.203 e. The SMILES string of the molecule is CC(C)(C)c1ccc(-c2nc3n(c(=S)n2)CC(O)=C3)cc1. The number of benzene rings is 1. The zero-order chi connectivity index (χ0) is 15.2. The average Bonchev–Trinajstić information content (AvgIpc) is 2.79. The fraction of sp³-hybridized carbons (Fsp3) is 0.312. The van der Waals surface area contributed by atoms with Gasteiger partial charge in [0.1, 0.15) is 11.6 Å². The predicted octanol–water partition coefficient (Wildman–Crippen LogP) is 3.88. The Morgan fingerprint density at radius 2 is 1.81 bits per heavy atom. The Morgan fingerprint density at radius 1 is 1.14 bits per heavy atom. The highest BCUT2D eigenvalue weighted by atomic mass is 32.1. The Labute approximate surface area is 128 Å². The van der Waals surface area contributed by atoms with Gasteiger partial charge in [0.05, 0.1) is 6.54 Å². The van der Waals surface area contributed by atoms with E-state index in [2.05, 4.69) is 42.9 Å². The van der Waals surface area contributed by atoms with E-state index in [1.807, 2.05) is 12.1 Å². The largest absolute Gasteiger partial charge is 0.510 e. The normalized spacial score (nSPS) is 14.0. The van der Waals surface area contributed by atoms with E-state index in [-0.39, 0.29) is 11.2 Å². The molecule has 1 aromatic heterocycles. The molecule has 0 amide bonds. The zero-order valence-electron chi connectivity index (χ0n) is 12.3. The lowest BCUT2D eigenvalue weighted by Gasteiger charge is -2.19. The van der Waals surface area contributed by atoms with Crippen LogP contribution in [0.1, 0.15) is 32.2 Å². The minimum absolute atomic E-state index is 0.116. The third kappa shape index (κ3) is 2.61. The third-order valence-corrected chi connectivity index (χ3v) is 3.87. The lowest BCUT2D eigenvalue weighted by atomic mass is 9.87. The van der Waals surface area contributed by atoms with Crippen LogP contribution in [-0.2, 0) is 12.0 Å². The van der Waals surface area contributed by atoms with E-state index in [4.69, 9.17) is 12.2 Å². The first kappa shape index (κ1) is 13.9. The summed E-state index contributed by atoms with van der Waals surface area (Å²) >= 11 is 5.27. The number of allylic oxidation sites excluding steroid dienone is 1. The van der Waals surface area contributed by atoms with Gasteiger partial charge in [-0.15, -0.1) is 0 Å². The summed E-state index contributed by atoms with van der Waals surface area (Å²) in [6.07, 6.45) is 1.63. The van der Waals surface area contributed by atoms with Crippen molar-refractivity contribution in [1.29, 1.82) is 0 Å². The highest BCUT2D eigenvalue weighted by Gasteiger charge is 2.16. The van der Waals surface area contributed by atoms with Crippen LogP contribution in [0.5, 0.6) is 0 Å². The van der Waals surface area contributed by atoms with Crippen LogP contribution in [0.4, 0.5) is 0 Å². The van der Waals surface area contributed by atoms with Crippen LogP contribution in [-0.4, -0.2) is 19.6 Å². The van der Waals surface area contributed by atoms with E-state index in [9.17, 15) is 5.11 Å². The molecular weight excluding hydrogens is 282 g/mol. The van der Waals surface area contributed by atoms with Crippen LogP contribution in [0.15, 0.2) is 30.0 Å². The Kier molecular flexibility index (Phi) is 3.17. The third-order valence-electron chi connectivity index (χ3n) is 3.55. The Bertz CT molecular complexity index is 783. The summed E-state index contributed by atoms with van der Waals surface area (Å²) in [6.45, 7) is 6.90. The zero-order valence-corrected chi connectivity index (χ0v) is 13.1. The quantitative estimate of drug-likeness (QED) is 0.812. The Hall–Kier alpha value is -2.01. The lowest BCUT2D eigenvalue weighted by Crippen LogP contribution is -2.10. The number of hydrogen-bond acceptors (Lipinski definition) is 4. The lowest BCUT2D eigenvalue weighted by molar-refractivity contribution is 0.387. The van der Waals surface area contributed by atoms with Gasteiger partial charge in [0, 0.05) is 11.6 Å². The fourth-order valence-corrected chi connectivity index (χ4v) is 2.55. The van der Waals surface area contributed by atoms with E-state index >= 15 is 0 Å². The molecule has 0 fully saturated rings. The molecule has 0 spiro atoms. The van der Waals surface area contributed by atoms with Gasteiger partial charge in [0.2, 0.25) is 4.77 Å². The van der Waals surface area contributed by atoms with Crippen molar-refractivity contribution in [2.24, 2.45) is 0 Å². The molecule has 1 N–H and O–H groups in total. The molecule has 1 aliphatic heterocycles. The molecule has 1 aromatic carbocycles. The predicted molar refractivity (Wildman–Crippen MR) is 85.6 cm³/mol. The van der Waals surface area contributed by atoms with Crippen LogP contribution in [0, 0.1) is 4.77 Å². The fourth-order valence-electron chi connectivity index (χ4n) is 2.31. The summed E-state index contributed by atoms with van der Waals surface area (Å²) in [7, 11) is 0. The van der Waals surface area contributed by atoms with E-state index in [0.29, 0.717) is 23.0 Å². The number of aliphatic hydroxyl groups is 1. The van der Waals surface area contributed by atoms with Crippen molar-refractivity contribution in [2.75, 3.05) is 0 Å². The van der Waals surface area contributed by atoms with Crippen molar-refractivity contribution >= 4 is 18.3 Å². The first-order valence-electron chi connectivity index (χ1n) is 6.84. The molecule has 0 atom stereocenters. The van der Waals surface area contributed by atoms with Crippen LogP contribution in [0.25, 0.3) is 17.5 Å². The molecule has 0 aliphatic carbocycles. The Morgan fingerprint density at radius 3 is 2.43 bits per heavy atom. The van der Waals surface area contributed by atoms with Crippen LogP contribution >= 0.6 is 12.2 Å². The van der Waals surface area contributed by atoms with E-state index in [1.165, 1.54) is 5.56 Å². The van der Waals surface area contributed by atoms with Crippen molar-refractivity contribution < 1.29 is 5.11 Å². The summed E-state index contributed by atoms with van der Waals surface area (Å²) in [4.78, 5) is 8.84. The van der Waals surface area contributed by atoms with E-state index < -0.39 is 0 Å². The van der Waals surface area contributed by atoms with Crippen LogP contribution in [0.2, 0.25) is 0 Å². The average molecular weight is 299 g/mol. The van der Waals surface area contributed by atoms with Gasteiger partial charge in [-0.25, -0.2) is 4.98 Å². The standard InChI is InChI=1S/C16H17N3OS/c1-16(2,3)11-6-4-10(5-7-11)14-17-13-8-12(20)9-19(13)15(21)18-14/h4-8,20H,9H2,1-3H3. The van der Waals surface area contributed by atoms with Crippen molar-refractivity contribution in [1.82, 2.24) is 14.5 Å². The van der Waals surface area contributed by atoms with Gasteiger partial charge < -0.3 is 5.11 Å². The molecule has 108 valence electrons. The van der Waals surface area contributed by atoms with E-state index in [0.717, 1.165) is 5.56 Å². The monoisotopic (exact) mass is 299 g/mol. The second-order valence-electron chi connectivity index (χ2n) is 6.24. The minimum Gasteiger partial charge on any atom is -0.510 e. The number of nitrogens with zero attached hydrogens (tertiary/aromatic N) is 3. The maximum atomic E-state index is 9.59. The number of rotatable bonds is 1. The molecular formula is C16H17N3OS. The molecule has 0 radical (unpaired) electrons. The molecule has 21 heavy (non-hydrogen) atoms. The van der Waals surface area contributed by atoms with Gasteiger partial charge in [-0.05, 0) is 23.2 Å². The number of aliphatic hydroxyl groups excluding tert-OH is 1. The highest BCUT2D eigenvalue weighted by Crippen LogP contribution is 2.25. The highest BCUT2D eigenvalue weighted by molar-refractivity contribution is 7.71. The second kappa shape index (κ2) is 4.77. The van der Waals surface area contributed by atoms with Crippen LogP contribution < -0.4 is 0 Å². The minimum atomic E-state index is 0.116. The van der Waals surface area contributed by atoms with Crippen molar-refractivity contribution in [3.63, 3.8) is 0 Å². The molecule has 5 heteroatoms. The van der Waals surface area contributed by atoms with Gasteiger partial charge in [0.25, 0.3) is 0 Å². The van der Waals surface area contributed by atoms with E-state index in [1.54, 1.807) is 10.6 Å². The Balaban J connectivity index is 2.04. The number of aromatic nitrogens is 3. The van der Waals surface area contributed by atoms with Crippen molar-refractivity contribution in [2.45, 2.75) is 32.7 Å². The molecule has 3 rings (SSSR count). The first-order chi connectivity index (χ1) is 9.84. The van der Waals surface area contributed by atoms with Crippen molar-refractivity contribution in [3.8, 4) is 11.4 Å². The molecule has 2 aromatic rings. The van der Waals surface area contributed by atoms with Crippen LogP contribution in [0.3, 0.4) is 0 Å². The van der Waals surface area contributed by atoms with Crippen molar-refractivity contribution in [3.05, 3.63) is 46.2 Å².